The van der Waals surface area contributed by atoms with E-state index in [1.54, 1.807) is 0 Å². The molecule has 1 heterocycles. The van der Waals surface area contributed by atoms with Crippen LogP contribution in [0.1, 0.15) is 21.5 Å². The second-order valence-corrected chi connectivity index (χ2v) is 4.78. The van der Waals surface area contributed by atoms with Gasteiger partial charge in [-0.3, -0.25) is 4.79 Å². The van der Waals surface area contributed by atoms with E-state index in [1.165, 1.54) is 0 Å². The zero-order valence-electron chi connectivity index (χ0n) is 9.64. The summed E-state index contributed by atoms with van der Waals surface area (Å²) in [6.07, 6.45) is 0.723. The van der Waals surface area contributed by atoms with Gasteiger partial charge in [-0.1, -0.05) is 42.5 Å². The van der Waals surface area contributed by atoms with E-state index in [-0.39, 0.29) is 5.78 Å². The Morgan fingerprint density at radius 3 is 2.61 bits per heavy atom. The van der Waals surface area contributed by atoms with Crippen LogP contribution in [0.4, 0.5) is 5.69 Å². The quantitative estimate of drug-likeness (QED) is 0.658. The van der Waals surface area contributed by atoms with Crippen molar-refractivity contribution in [2.75, 3.05) is 5.32 Å². The fourth-order valence-electron chi connectivity index (χ4n) is 2.13. The average molecular weight is 253 g/mol. The SMILES string of the molecule is O=C(c1ccccc1)c1ccc2c(c1)CC(=S)N2. The zero-order valence-corrected chi connectivity index (χ0v) is 10.5. The van der Waals surface area contributed by atoms with Gasteiger partial charge in [-0.05, 0) is 23.8 Å². The van der Waals surface area contributed by atoms with Gasteiger partial charge in [0.25, 0.3) is 0 Å². The summed E-state index contributed by atoms with van der Waals surface area (Å²) in [5.74, 6) is 0.0521. The molecule has 2 aromatic carbocycles. The molecule has 1 aliphatic heterocycles. The predicted molar refractivity (Wildman–Crippen MR) is 76.2 cm³/mol. The molecule has 0 radical (unpaired) electrons. The van der Waals surface area contributed by atoms with Crippen LogP contribution in [-0.4, -0.2) is 10.8 Å². The molecule has 0 amide bonds. The Bertz CT molecular complexity index is 634. The normalized spacial score (nSPS) is 13.0. The molecule has 2 aromatic rings. The van der Waals surface area contributed by atoms with Crippen molar-refractivity contribution in [1.29, 1.82) is 0 Å². The molecule has 0 aromatic heterocycles. The topological polar surface area (TPSA) is 29.1 Å². The Balaban J connectivity index is 1.97. The standard InChI is InChI=1S/C15H11NOS/c17-15(10-4-2-1-3-5-10)11-6-7-13-12(8-11)9-14(18)16-13/h1-8H,9H2,(H,16,18). The minimum absolute atomic E-state index is 0.0521. The van der Waals surface area contributed by atoms with Crippen molar-refractivity contribution in [2.45, 2.75) is 6.42 Å². The highest BCUT2D eigenvalue weighted by atomic mass is 32.1. The van der Waals surface area contributed by atoms with Crippen LogP contribution in [0.5, 0.6) is 0 Å². The van der Waals surface area contributed by atoms with E-state index in [9.17, 15) is 4.79 Å². The van der Waals surface area contributed by atoms with E-state index in [0.717, 1.165) is 22.7 Å². The highest BCUT2D eigenvalue weighted by Crippen LogP contribution is 2.25. The Labute approximate surface area is 111 Å². The number of carbonyl (C=O) groups is 1. The minimum atomic E-state index is 0.0521. The van der Waals surface area contributed by atoms with E-state index in [1.807, 2.05) is 48.5 Å². The summed E-state index contributed by atoms with van der Waals surface area (Å²) in [5, 5.41) is 3.12. The molecule has 0 spiro atoms. The van der Waals surface area contributed by atoms with Crippen molar-refractivity contribution in [3.63, 3.8) is 0 Å². The lowest BCUT2D eigenvalue weighted by Gasteiger charge is -2.04. The van der Waals surface area contributed by atoms with Crippen molar-refractivity contribution in [3.05, 3.63) is 65.2 Å². The van der Waals surface area contributed by atoms with E-state index in [4.69, 9.17) is 12.2 Å². The van der Waals surface area contributed by atoms with Gasteiger partial charge in [0.1, 0.15) is 0 Å². The van der Waals surface area contributed by atoms with E-state index in [2.05, 4.69) is 5.32 Å². The lowest BCUT2D eigenvalue weighted by molar-refractivity contribution is 0.103. The number of hydrogen-bond donors (Lipinski definition) is 1. The molecule has 1 N–H and O–H groups in total. The molecule has 0 bridgehead atoms. The van der Waals surface area contributed by atoms with Crippen molar-refractivity contribution in [3.8, 4) is 0 Å². The first-order valence-corrected chi connectivity index (χ1v) is 6.17. The van der Waals surface area contributed by atoms with Gasteiger partial charge in [0, 0.05) is 23.2 Å². The zero-order chi connectivity index (χ0) is 12.5. The number of benzene rings is 2. The molecular formula is C15H11NOS. The van der Waals surface area contributed by atoms with E-state index in [0.29, 0.717) is 11.1 Å². The maximum Gasteiger partial charge on any atom is 0.193 e. The minimum Gasteiger partial charge on any atom is -0.350 e. The maximum absolute atomic E-state index is 12.3. The summed E-state index contributed by atoms with van der Waals surface area (Å²) in [6.45, 7) is 0. The van der Waals surface area contributed by atoms with Gasteiger partial charge in [0.05, 0.1) is 4.99 Å². The second kappa shape index (κ2) is 4.35. The van der Waals surface area contributed by atoms with Crippen LogP contribution in [0.2, 0.25) is 0 Å². The summed E-state index contributed by atoms with van der Waals surface area (Å²) < 4.78 is 0. The number of rotatable bonds is 2. The molecule has 3 heteroatoms. The molecule has 0 fully saturated rings. The first-order chi connectivity index (χ1) is 8.74. The number of carbonyl (C=O) groups excluding carboxylic acids is 1. The summed E-state index contributed by atoms with van der Waals surface area (Å²) in [4.78, 5) is 13.1. The molecule has 2 nitrogen and oxygen atoms in total. The van der Waals surface area contributed by atoms with Crippen LogP contribution in [0, 0.1) is 0 Å². The Morgan fingerprint density at radius 1 is 1.06 bits per heavy atom. The average Bonchev–Trinajstić information content (AvgIpc) is 2.78. The molecule has 0 saturated carbocycles. The fourth-order valence-corrected chi connectivity index (χ4v) is 2.39. The van der Waals surface area contributed by atoms with Gasteiger partial charge < -0.3 is 5.32 Å². The molecule has 0 atom stereocenters. The number of hydrogen-bond acceptors (Lipinski definition) is 2. The van der Waals surface area contributed by atoms with Crippen molar-refractivity contribution < 1.29 is 4.79 Å². The molecule has 0 saturated heterocycles. The number of nitrogens with one attached hydrogen (secondary N) is 1. The van der Waals surface area contributed by atoms with Crippen LogP contribution in [0.25, 0.3) is 0 Å². The number of fused-ring (bicyclic) bond motifs is 1. The van der Waals surface area contributed by atoms with Crippen molar-refractivity contribution in [1.82, 2.24) is 0 Å². The number of thiocarbonyl (C=S) groups is 1. The monoisotopic (exact) mass is 253 g/mol. The van der Waals surface area contributed by atoms with Gasteiger partial charge in [-0.2, -0.15) is 0 Å². The summed E-state index contributed by atoms with van der Waals surface area (Å²) in [6, 6.07) is 15.0. The van der Waals surface area contributed by atoms with Gasteiger partial charge in [0.15, 0.2) is 5.78 Å². The second-order valence-electron chi connectivity index (χ2n) is 4.29. The van der Waals surface area contributed by atoms with Crippen LogP contribution in [0.3, 0.4) is 0 Å². The predicted octanol–water partition coefficient (Wildman–Crippen LogP) is 3.21. The lowest BCUT2D eigenvalue weighted by atomic mass is 10.0. The van der Waals surface area contributed by atoms with Gasteiger partial charge >= 0.3 is 0 Å². The molecule has 0 aliphatic carbocycles. The van der Waals surface area contributed by atoms with Gasteiger partial charge in [0.2, 0.25) is 0 Å². The summed E-state index contributed by atoms with van der Waals surface area (Å²) in [5.41, 5.74) is 3.55. The highest BCUT2D eigenvalue weighted by Gasteiger charge is 2.17. The Hall–Kier alpha value is -2.00. The third kappa shape index (κ3) is 1.93. The summed E-state index contributed by atoms with van der Waals surface area (Å²) in [7, 11) is 0. The molecular weight excluding hydrogens is 242 g/mol. The molecule has 1 aliphatic rings. The first kappa shape index (κ1) is 11.1. The number of anilines is 1. The van der Waals surface area contributed by atoms with Crippen LogP contribution in [0.15, 0.2) is 48.5 Å². The van der Waals surface area contributed by atoms with Crippen molar-refractivity contribution in [2.24, 2.45) is 0 Å². The van der Waals surface area contributed by atoms with Crippen molar-refractivity contribution >= 4 is 28.7 Å². The smallest absolute Gasteiger partial charge is 0.193 e. The largest absolute Gasteiger partial charge is 0.350 e. The number of ketones is 1. The Kier molecular flexibility index (Phi) is 2.68. The van der Waals surface area contributed by atoms with Crippen LogP contribution >= 0.6 is 12.2 Å². The molecule has 18 heavy (non-hydrogen) atoms. The molecule has 0 unspecified atom stereocenters. The highest BCUT2D eigenvalue weighted by molar-refractivity contribution is 7.80. The van der Waals surface area contributed by atoms with Gasteiger partial charge in [-0.25, -0.2) is 0 Å². The Morgan fingerprint density at radius 2 is 1.83 bits per heavy atom. The summed E-state index contributed by atoms with van der Waals surface area (Å²) >= 11 is 5.13. The van der Waals surface area contributed by atoms with E-state index >= 15 is 0 Å². The fraction of sp³-hybridized carbons (Fsp3) is 0.0667. The third-order valence-corrected chi connectivity index (χ3v) is 3.27. The maximum atomic E-state index is 12.3. The first-order valence-electron chi connectivity index (χ1n) is 5.76. The molecule has 88 valence electrons. The van der Waals surface area contributed by atoms with Gasteiger partial charge in [-0.15, -0.1) is 0 Å². The third-order valence-electron chi connectivity index (χ3n) is 3.03. The lowest BCUT2D eigenvalue weighted by Crippen LogP contribution is -2.01. The molecule has 3 rings (SSSR count). The van der Waals surface area contributed by atoms with Crippen LogP contribution < -0.4 is 5.32 Å². The van der Waals surface area contributed by atoms with Crippen LogP contribution in [-0.2, 0) is 6.42 Å². The van der Waals surface area contributed by atoms with E-state index < -0.39 is 0 Å².